The molecule has 4 rings (SSSR count). The van der Waals surface area contributed by atoms with Crippen molar-refractivity contribution in [2.24, 2.45) is 5.92 Å². The quantitative estimate of drug-likeness (QED) is 0.670. The van der Waals surface area contributed by atoms with Crippen LogP contribution in [-0.4, -0.2) is 29.5 Å². The van der Waals surface area contributed by atoms with Gasteiger partial charge in [0.1, 0.15) is 0 Å². The van der Waals surface area contributed by atoms with Crippen LogP contribution in [0.25, 0.3) is 21.0 Å². The molecule has 1 atom stereocenters. The van der Waals surface area contributed by atoms with Crippen molar-refractivity contribution in [3.63, 3.8) is 0 Å². The first-order valence-electron chi connectivity index (χ1n) is 8.52. The zero-order valence-electron chi connectivity index (χ0n) is 14.2. The molecule has 0 aliphatic heterocycles. The van der Waals surface area contributed by atoms with E-state index in [4.69, 9.17) is 9.15 Å². The van der Waals surface area contributed by atoms with Gasteiger partial charge in [-0.1, -0.05) is 12.1 Å². The second-order valence-corrected chi connectivity index (χ2v) is 7.45. The number of benzene rings is 1. The highest BCUT2D eigenvalue weighted by Gasteiger charge is 2.29. The second-order valence-electron chi connectivity index (χ2n) is 6.42. The third-order valence-electron chi connectivity index (χ3n) is 4.36. The van der Waals surface area contributed by atoms with Crippen LogP contribution in [0.2, 0.25) is 0 Å². The van der Waals surface area contributed by atoms with Crippen molar-refractivity contribution in [2.45, 2.75) is 25.8 Å². The summed E-state index contributed by atoms with van der Waals surface area (Å²) in [7, 11) is 0. The summed E-state index contributed by atoms with van der Waals surface area (Å²) < 4.78 is 11.6. The Balaban J connectivity index is 1.37. The molecule has 2 aromatic heterocycles. The highest BCUT2D eigenvalue weighted by atomic mass is 32.1. The highest BCUT2D eigenvalue weighted by Crippen LogP contribution is 2.32. The minimum Gasteiger partial charge on any atom is -0.450 e. The van der Waals surface area contributed by atoms with E-state index in [2.05, 4.69) is 10.3 Å². The lowest BCUT2D eigenvalue weighted by Gasteiger charge is -2.12. The van der Waals surface area contributed by atoms with Gasteiger partial charge in [0.05, 0.1) is 10.2 Å². The molecule has 0 radical (unpaired) electrons. The van der Waals surface area contributed by atoms with Crippen molar-refractivity contribution < 1.29 is 18.7 Å². The van der Waals surface area contributed by atoms with Crippen LogP contribution >= 0.6 is 11.3 Å². The van der Waals surface area contributed by atoms with Crippen LogP contribution in [0, 0.1) is 5.92 Å². The molecule has 0 saturated heterocycles. The number of carbonyl (C=O) groups is 2. The van der Waals surface area contributed by atoms with Gasteiger partial charge in [-0.2, -0.15) is 0 Å². The highest BCUT2D eigenvalue weighted by molar-refractivity contribution is 7.21. The van der Waals surface area contributed by atoms with Crippen LogP contribution in [0.15, 0.2) is 40.8 Å². The summed E-state index contributed by atoms with van der Waals surface area (Å²) in [6.45, 7) is 1.65. The van der Waals surface area contributed by atoms with E-state index in [1.165, 1.54) is 17.4 Å². The number of rotatable bonds is 6. The molecule has 1 fully saturated rings. The Morgan fingerprint density at radius 3 is 2.88 bits per heavy atom. The zero-order valence-corrected chi connectivity index (χ0v) is 15.0. The van der Waals surface area contributed by atoms with Crippen LogP contribution in [0.1, 0.15) is 30.3 Å². The summed E-state index contributed by atoms with van der Waals surface area (Å²) in [5.74, 6) is 0.158. The first kappa shape index (κ1) is 16.8. The predicted octanol–water partition coefficient (Wildman–Crippen LogP) is 3.63. The maximum Gasteiger partial charge on any atom is 0.374 e. The number of thiazole rings is 1. The number of hydrogen-bond donors (Lipinski definition) is 1. The average Bonchev–Trinajstić information content (AvgIpc) is 3.21. The first-order valence-corrected chi connectivity index (χ1v) is 9.34. The molecule has 3 aromatic rings. The topological polar surface area (TPSA) is 81.4 Å². The number of furan rings is 1. The van der Waals surface area contributed by atoms with Gasteiger partial charge < -0.3 is 14.5 Å². The van der Waals surface area contributed by atoms with E-state index >= 15 is 0 Å². The molecule has 1 aliphatic carbocycles. The molecule has 134 valence electrons. The molecule has 2 heterocycles. The summed E-state index contributed by atoms with van der Waals surface area (Å²) in [6.07, 6.45) is 2.28. The Hall–Kier alpha value is -2.67. The van der Waals surface area contributed by atoms with Gasteiger partial charge >= 0.3 is 5.97 Å². The van der Waals surface area contributed by atoms with E-state index in [9.17, 15) is 9.59 Å². The van der Waals surface area contributed by atoms with Gasteiger partial charge in [-0.25, -0.2) is 9.78 Å². The zero-order chi connectivity index (χ0) is 18.1. The number of nitrogens with zero attached hydrogens (tertiary/aromatic N) is 1. The molecule has 1 aliphatic rings. The Bertz CT molecular complexity index is 924. The molecule has 6 nitrogen and oxygen atoms in total. The molecule has 1 saturated carbocycles. The number of fused-ring (bicyclic) bond motifs is 1. The molecular formula is C19H18N2O4S. The number of hydrogen-bond acceptors (Lipinski definition) is 6. The van der Waals surface area contributed by atoms with E-state index in [-0.39, 0.29) is 24.3 Å². The fraction of sp³-hybridized carbons (Fsp3) is 0.316. The van der Waals surface area contributed by atoms with Gasteiger partial charge in [0, 0.05) is 6.04 Å². The molecule has 1 amide bonds. The monoisotopic (exact) mass is 370 g/mol. The Morgan fingerprint density at radius 2 is 2.12 bits per heavy atom. The molecule has 26 heavy (non-hydrogen) atoms. The van der Waals surface area contributed by atoms with Gasteiger partial charge in [-0.3, -0.25) is 4.79 Å². The standard InChI is InChI=1S/C19H18N2O4S/c1-11(12-6-7-12)20-17(22)10-24-19(23)15-9-8-14(25-15)18-21-13-4-2-3-5-16(13)26-18/h2-5,8-9,11-12H,6-7,10H2,1H3,(H,20,22)/t11-/m0/s1. The molecule has 7 heteroatoms. The maximum atomic E-state index is 12.1. The van der Waals surface area contributed by atoms with Crippen LogP contribution in [0.4, 0.5) is 0 Å². The van der Waals surface area contributed by atoms with Crippen LogP contribution in [0.3, 0.4) is 0 Å². The van der Waals surface area contributed by atoms with Crippen molar-refractivity contribution in [3.8, 4) is 10.8 Å². The Labute approximate surface area is 154 Å². The van der Waals surface area contributed by atoms with Gasteiger partial charge in [0.15, 0.2) is 17.4 Å². The van der Waals surface area contributed by atoms with Crippen molar-refractivity contribution in [1.29, 1.82) is 0 Å². The SMILES string of the molecule is C[C@H](NC(=O)COC(=O)c1ccc(-c2nc3ccccc3s2)o1)C1CC1. The van der Waals surface area contributed by atoms with E-state index < -0.39 is 5.97 Å². The number of nitrogens with one attached hydrogen (secondary N) is 1. The van der Waals surface area contributed by atoms with Crippen LogP contribution in [-0.2, 0) is 9.53 Å². The summed E-state index contributed by atoms with van der Waals surface area (Å²) in [4.78, 5) is 28.4. The van der Waals surface area contributed by atoms with E-state index in [1.54, 1.807) is 6.07 Å². The number of ether oxygens (including phenoxy) is 1. The van der Waals surface area contributed by atoms with E-state index in [1.807, 2.05) is 31.2 Å². The molecule has 1 aromatic carbocycles. The van der Waals surface area contributed by atoms with Crippen molar-refractivity contribution in [3.05, 3.63) is 42.2 Å². The fourth-order valence-electron chi connectivity index (χ4n) is 2.75. The van der Waals surface area contributed by atoms with E-state index in [0.29, 0.717) is 16.7 Å². The number of esters is 1. The normalized spacial score (nSPS) is 15.0. The minimum atomic E-state index is -0.661. The summed E-state index contributed by atoms with van der Waals surface area (Å²) in [6, 6.07) is 11.1. The molecule has 0 bridgehead atoms. The van der Waals surface area contributed by atoms with E-state index in [0.717, 1.165) is 23.1 Å². The van der Waals surface area contributed by atoms with Crippen LogP contribution < -0.4 is 5.32 Å². The summed E-state index contributed by atoms with van der Waals surface area (Å²) >= 11 is 1.49. The third kappa shape index (κ3) is 3.62. The average molecular weight is 370 g/mol. The minimum absolute atomic E-state index is 0.0577. The van der Waals surface area contributed by atoms with Gasteiger partial charge in [0.2, 0.25) is 5.76 Å². The maximum absolute atomic E-state index is 12.1. The molecule has 1 N–H and O–H groups in total. The number of carbonyl (C=O) groups excluding carboxylic acids is 2. The van der Waals surface area contributed by atoms with Gasteiger partial charge in [0.25, 0.3) is 5.91 Å². The number of para-hydroxylation sites is 1. The number of amides is 1. The first-order chi connectivity index (χ1) is 12.6. The lowest BCUT2D eigenvalue weighted by molar-refractivity contribution is -0.125. The van der Waals surface area contributed by atoms with Gasteiger partial charge in [-0.15, -0.1) is 11.3 Å². The Kier molecular flexibility index (Phi) is 4.46. The summed E-state index contributed by atoms with van der Waals surface area (Å²) in [5.41, 5.74) is 0.884. The van der Waals surface area contributed by atoms with Crippen molar-refractivity contribution in [1.82, 2.24) is 10.3 Å². The Morgan fingerprint density at radius 1 is 1.31 bits per heavy atom. The predicted molar refractivity (Wildman–Crippen MR) is 97.9 cm³/mol. The lowest BCUT2D eigenvalue weighted by Crippen LogP contribution is -2.37. The smallest absolute Gasteiger partial charge is 0.374 e. The molecular weight excluding hydrogens is 352 g/mol. The second kappa shape index (κ2) is 6.92. The van der Waals surface area contributed by atoms with Crippen molar-refractivity contribution in [2.75, 3.05) is 6.61 Å². The lowest BCUT2D eigenvalue weighted by atomic mass is 10.2. The molecule has 0 unspecified atom stereocenters. The summed E-state index contributed by atoms with van der Waals surface area (Å²) in [5, 5.41) is 3.54. The molecule has 0 spiro atoms. The van der Waals surface area contributed by atoms with Crippen molar-refractivity contribution >= 4 is 33.4 Å². The fourth-order valence-corrected chi connectivity index (χ4v) is 3.68. The van der Waals surface area contributed by atoms with Crippen LogP contribution in [0.5, 0.6) is 0 Å². The van der Waals surface area contributed by atoms with Gasteiger partial charge in [-0.05, 0) is 49.9 Å². The largest absolute Gasteiger partial charge is 0.450 e. The third-order valence-corrected chi connectivity index (χ3v) is 5.41. The number of aromatic nitrogens is 1.